The van der Waals surface area contributed by atoms with Crippen molar-refractivity contribution in [1.29, 1.82) is 0 Å². The van der Waals surface area contributed by atoms with E-state index in [1.165, 1.54) is 13.0 Å². The number of rotatable bonds is 5. The minimum atomic E-state index is -0.0581. The Morgan fingerprint density at radius 3 is 2.55 bits per heavy atom. The molecule has 0 aromatic carbocycles. The molecule has 0 aromatic rings. The Labute approximate surface area is 123 Å². The van der Waals surface area contributed by atoms with Crippen molar-refractivity contribution in [2.45, 2.75) is 52.1 Å². The van der Waals surface area contributed by atoms with Gasteiger partial charge >= 0.3 is 0 Å². The van der Waals surface area contributed by atoms with Crippen molar-refractivity contribution in [3.8, 4) is 0 Å². The van der Waals surface area contributed by atoms with Crippen molar-refractivity contribution in [3.05, 3.63) is 0 Å². The van der Waals surface area contributed by atoms with Gasteiger partial charge in [-0.05, 0) is 38.1 Å². The smallest absolute Gasteiger partial charge is 0.248 e. The van der Waals surface area contributed by atoms with Crippen molar-refractivity contribution >= 4 is 5.91 Å². The summed E-state index contributed by atoms with van der Waals surface area (Å²) in [5.41, 5.74) is -0.0581. The minimum absolute atomic E-state index is 0.0581. The summed E-state index contributed by atoms with van der Waals surface area (Å²) < 4.78 is 5.95. The molecule has 0 N–H and O–H groups in total. The minimum Gasteiger partial charge on any atom is -0.363 e. The molecule has 0 atom stereocenters. The van der Waals surface area contributed by atoms with Crippen LogP contribution in [0.4, 0.5) is 0 Å². The highest BCUT2D eigenvalue weighted by molar-refractivity contribution is 5.78. The summed E-state index contributed by atoms with van der Waals surface area (Å²) >= 11 is 0. The highest BCUT2D eigenvalue weighted by Gasteiger charge is 2.41. The maximum Gasteiger partial charge on any atom is 0.248 e. The quantitative estimate of drug-likeness (QED) is 0.774. The van der Waals surface area contributed by atoms with Gasteiger partial charge in [0.25, 0.3) is 0 Å². The van der Waals surface area contributed by atoms with Crippen LogP contribution in [-0.2, 0) is 9.53 Å². The average Bonchev–Trinajstić information content (AvgIpc) is 2.43. The molecular formula is C16H30N2O2. The van der Waals surface area contributed by atoms with Crippen LogP contribution in [0.5, 0.6) is 0 Å². The molecular weight excluding hydrogens is 252 g/mol. The van der Waals surface area contributed by atoms with Gasteiger partial charge in [-0.3, -0.25) is 4.79 Å². The normalized spacial score (nSPS) is 23.8. The van der Waals surface area contributed by atoms with Crippen molar-refractivity contribution in [1.82, 2.24) is 9.80 Å². The molecule has 4 heteroatoms. The number of carbonyl (C=O) groups is 1. The van der Waals surface area contributed by atoms with E-state index < -0.39 is 0 Å². The summed E-state index contributed by atoms with van der Waals surface area (Å²) in [6.07, 6.45) is 4.44. The van der Waals surface area contributed by atoms with Crippen LogP contribution in [0.25, 0.3) is 0 Å². The largest absolute Gasteiger partial charge is 0.363 e. The van der Waals surface area contributed by atoms with Gasteiger partial charge in [-0.25, -0.2) is 0 Å². The van der Waals surface area contributed by atoms with Crippen LogP contribution in [0.1, 0.15) is 46.5 Å². The van der Waals surface area contributed by atoms with Gasteiger partial charge in [0.1, 0.15) is 6.61 Å². The van der Waals surface area contributed by atoms with E-state index in [1.54, 1.807) is 0 Å². The Morgan fingerprint density at radius 1 is 1.25 bits per heavy atom. The molecule has 4 nitrogen and oxygen atoms in total. The Morgan fingerprint density at radius 2 is 1.95 bits per heavy atom. The number of likely N-dealkylation sites (tertiary alicyclic amines) is 1. The molecule has 0 aromatic heterocycles. The van der Waals surface area contributed by atoms with E-state index in [2.05, 4.69) is 25.7 Å². The second-order valence-corrected chi connectivity index (χ2v) is 6.81. The molecule has 2 aliphatic heterocycles. The molecule has 0 bridgehead atoms. The van der Waals surface area contributed by atoms with Gasteiger partial charge in [0, 0.05) is 26.2 Å². The zero-order valence-corrected chi connectivity index (χ0v) is 13.4. The third-order valence-electron chi connectivity index (χ3n) is 4.62. The standard InChI is InChI=1S/C16H30N2O2/c1-4-8-18-13-16(20-12-15(18)19)6-10-17(11-7-16)9-5-14(2)3/h14H,4-13H2,1-3H3. The Hall–Kier alpha value is -0.610. The predicted octanol–water partition coefficient (Wildman–Crippen LogP) is 2.14. The summed E-state index contributed by atoms with van der Waals surface area (Å²) in [7, 11) is 0. The molecule has 116 valence electrons. The lowest BCUT2D eigenvalue weighted by Gasteiger charge is -2.47. The molecule has 2 rings (SSSR count). The fraction of sp³-hybridized carbons (Fsp3) is 0.938. The van der Waals surface area contributed by atoms with Crippen molar-refractivity contribution in [2.24, 2.45) is 5.92 Å². The van der Waals surface area contributed by atoms with E-state index in [-0.39, 0.29) is 18.1 Å². The van der Waals surface area contributed by atoms with E-state index in [4.69, 9.17) is 4.74 Å². The zero-order valence-electron chi connectivity index (χ0n) is 13.4. The first kappa shape index (κ1) is 15.8. The van der Waals surface area contributed by atoms with Gasteiger partial charge in [0.2, 0.25) is 5.91 Å². The number of amides is 1. The van der Waals surface area contributed by atoms with Gasteiger partial charge in [0.05, 0.1) is 5.60 Å². The monoisotopic (exact) mass is 282 g/mol. The fourth-order valence-corrected chi connectivity index (χ4v) is 3.19. The SMILES string of the molecule is CCCN1CC2(CCN(CCC(C)C)CC2)OCC1=O. The first-order chi connectivity index (χ1) is 9.54. The molecule has 2 fully saturated rings. The predicted molar refractivity (Wildman–Crippen MR) is 80.7 cm³/mol. The van der Waals surface area contributed by atoms with E-state index in [9.17, 15) is 4.79 Å². The topological polar surface area (TPSA) is 32.8 Å². The molecule has 2 saturated heterocycles. The van der Waals surface area contributed by atoms with Crippen molar-refractivity contribution < 1.29 is 9.53 Å². The molecule has 0 unspecified atom stereocenters. The summed E-state index contributed by atoms with van der Waals surface area (Å²) in [5.74, 6) is 0.939. The van der Waals surface area contributed by atoms with Gasteiger partial charge in [-0.1, -0.05) is 20.8 Å². The van der Waals surface area contributed by atoms with Crippen LogP contribution in [0.15, 0.2) is 0 Å². The summed E-state index contributed by atoms with van der Waals surface area (Å²) in [6, 6.07) is 0. The lowest BCUT2D eigenvalue weighted by Crippen LogP contribution is -2.58. The molecule has 1 amide bonds. The third-order valence-corrected chi connectivity index (χ3v) is 4.62. The number of morpholine rings is 1. The molecule has 1 spiro atoms. The molecule has 2 heterocycles. The molecule has 20 heavy (non-hydrogen) atoms. The highest BCUT2D eigenvalue weighted by Crippen LogP contribution is 2.30. The Bertz CT molecular complexity index is 322. The zero-order chi connectivity index (χ0) is 14.6. The average molecular weight is 282 g/mol. The van der Waals surface area contributed by atoms with Gasteiger partial charge in [0.15, 0.2) is 0 Å². The van der Waals surface area contributed by atoms with E-state index >= 15 is 0 Å². The number of nitrogens with zero attached hydrogens (tertiary/aromatic N) is 2. The highest BCUT2D eigenvalue weighted by atomic mass is 16.5. The molecule has 2 aliphatic rings. The first-order valence-corrected chi connectivity index (χ1v) is 8.19. The lowest BCUT2D eigenvalue weighted by atomic mass is 9.89. The van der Waals surface area contributed by atoms with Crippen LogP contribution in [0, 0.1) is 5.92 Å². The number of piperidine rings is 1. The van der Waals surface area contributed by atoms with E-state index in [1.807, 2.05) is 4.90 Å². The van der Waals surface area contributed by atoms with Crippen LogP contribution < -0.4 is 0 Å². The molecule has 0 radical (unpaired) electrons. The second-order valence-electron chi connectivity index (χ2n) is 6.81. The van der Waals surface area contributed by atoms with Gasteiger partial charge in [-0.2, -0.15) is 0 Å². The van der Waals surface area contributed by atoms with E-state index in [0.717, 1.165) is 51.4 Å². The summed E-state index contributed by atoms with van der Waals surface area (Å²) in [4.78, 5) is 16.4. The lowest BCUT2D eigenvalue weighted by molar-refractivity contribution is -0.171. The first-order valence-electron chi connectivity index (χ1n) is 8.19. The number of hydrogen-bond acceptors (Lipinski definition) is 3. The van der Waals surface area contributed by atoms with Gasteiger partial charge < -0.3 is 14.5 Å². The van der Waals surface area contributed by atoms with Crippen LogP contribution in [0.2, 0.25) is 0 Å². The maximum absolute atomic E-state index is 11.8. The van der Waals surface area contributed by atoms with Crippen molar-refractivity contribution in [2.75, 3.05) is 39.3 Å². The van der Waals surface area contributed by atoms with Crippen molar-refractivity contribution in [3.63, 3.8) is 0 Å². The van der Waals surface area contributed by atoms with E-state index in [0.29, 0.717) is 0 Å². The molecule has 0 saturated carbocycles. The maximum atomic E-state index is 11.8. The van der Waals surface area contributed by atoms with Crippen LogP contribution in [0.3, 0.4) is 0 Å². The second kappa shape index (κ2) is 6.90. The number of carbonyl (C=O) groups excluding carboxylic acids is 1. The summed E-state index contributed by atoms with van der Waals surface area (Å²) in [6.45, 7) is 12.1. The Kier molecular flexibility index (Phi) is 5.44. The van der Waals surface area contributed by atoms with Crippen LogP contribution in [-0.4, -0.2) is 60.6 Å². The summed E-state index contributed by atoms with van der Waals surface area (Å²) in [5, 5.41) is 0. The Balaban J connectivity index is 1.83. The number of hydrogen-bond donors (Lipinski definition) is 0. The third kappa shape index (κ3) is 3.95. The van der Waals surface area contributed by atoms with Crippen LogP contribution >= 0.6 is 0 Å². The number of ether oxygens (including phenoxy) is 1. The molecule has 0 aliphatic carbocycles. The fourth-order valence-electron chi connectivity index (χ4n) is 3.19. The van der Waals surface area contributed by atoms with Gasteiger partial charge in [-0.15, -0.1) is 0 Å².